The molecule has 0 aliphatic carbocycles. The predicted molar refractivity (Wildman–Crippen MR) is 75.5 cm³/mol. The number of halogens is 5. The van der Waals surface area contributed by atoms with E-state index in [0.717, 1.165) is 10.6 Å². The molecule has 2 nitrogen and oxygen atoms in total. The zero-order valence-corrected chi connectivity index (χ0v) is 11.9. The van der Waals surface area contributed by atoms with Gasteiger partial charge in [0.2, 0.25) is 0 Å². The van der Waals surface area contributed by atoms with Crippen LogP contribution in [-0.2, 0) is 5.88 Å². The van der Waals surface area contributed by atoms with Crippen molar-refractivity contribution < 1.29 is 13.2 Å². The van der Waals surface area contributed by atoms with Crippen LogP contribution in [0.15, 0.2) is 30.3 Å². The van der Waals surface area contributed by atoms with Crippen molar-refractivity contribution in [3.8, 4) is 5.69 Å². The fraction of sp³-hybridized carbons (Fsp3) is 0.0714. The summed E-state index contributed by atoms with van der Waals surface area (Å²) in [5.41, 5.74) is -0.0270. The summed E-state index contributed by atoms with van der Waals surface area (Å²) in [4.78, 5) is 4.09. The van der Waals surface area contributed by atoms with Crippen LogP contribution in [0.2, 0.25) is 5.02 Å². The van der Waals surface area contributed by atoms with Crippen LogP contribution >= 0.6 is 23.2 Å². The summed E-state index contributed by atoms with van der Waals surface area (Å²) in [6.07, 6.45) is 0. The number of rotatable bonds is 2. The van der Waals surface area contributed by atoms with Gasteiger partial charge in [-0.05, 0) is 24.3 Å². The summed E-state index contributed by atoms with van der Waals surface area (Å²) in [7, 11) is 0. The maximum Gasteiger partial charge on any atom is 0.185 e. The Morgan fingerprint density at radius 3 is 2.52 bits per heavy atom. The fourth-order valence-corrected chi connectivity index (χ4v) is 2.51. The largest absolute Gasteiger partial charge is 0.289 e. The average Bonchev–Trinajstić information content (AvgIpc) is 2.85. The standard InChI is InChI=1S/C14H7Cl2F3N2/c15-6-11-20-9-5-4-8(17)13(19)14(9)21(11)10-3-1-2-7(16)12(10)18/h1-5H,6H2. The van der Waals surface area contributed by atoms with Gasteiger partial charge < -0.3 is 0 Å². The monoisotopic (exact) mass is 330 g/mol. The minimum atomic E-state index is -1.12. The van der Waals surface area contributed by atoms with Crippen LogP contribution in [0, 0.1) is 17.5 Å². The second-order valence-electron chi connectivity index (χ2n) is 4.30. The number of alkyl halides is 1. The highest BCUT2D eigenvalue weighted by Crippen LogP contribution is 2.29. The Kier molecular flexibility index (Phi) is 3.55. The van der Waals surface area contributed by atoms with Gasteiger partial charge in [0.15, 0.2) is 17.5 Å². The van der Waals surface area contributed by atoms with Gasteiger partial charge in [0, 0.05) is 0 Å². The molecule has 108 valence electrons. The summed E-state index contributed by atoms with van der Waals surface area (Å²) in [5, 5.41) is -0.133. The van der Waals surface area contributed by atoms with Crippen molar-refractivity contribution in [3.63, 3.8) is 0 Å². The fourth-order valence-electron chi connectivity index (χ4n) is 2.17. The first kappa shape index (κ1) is 14.2. The Morgan fingerprint density at radius 1 is 1.05 bits per heavy atom. The van der Waals surface area contributed by atoms with Crippen LogP contribution in [0.4, 0.5) is 13.2 Å². The number of hydrogen-bond acceptors (Lipinski definition) is 1. The summed E-state index contributed by atoms with van der Waals surface area (Å²) in [6, 6.07) is 6.52. The zero-order valence-electron chi connectivity index (χ0n) is 10.4. The van der Waals surface area contributed by atoms with Gasteiger partial charge in [0.1, 0.15) is 11.3 Å². The smallest absolute Gasteiger partial charge is 0.185 e. The number of fused-ring (bicyclic) bond motifs is 1. The summed E-state index contributed by atoms with van der Waals surface area (Å²) in [5.74, 6) is -2.82. The molecule has 1 aromatic heterocycles. The maximum atomic E-state index is 14.2. The van der Waals surface area contributed by atoms with E-state index in [1.807, 2.05) is 0 Å². The molecule has 0 saturated heterocycles. The normalized spacial score (nSPS) is 11.3. The topological polar surface area (TPSA) is 17.8 Å². The van der Waals surface area contributed by atoms with Crippen molar-refractivity contribution in [2.24, 2.45) is 0 Å². The highest BCUT2D eigenvalue weighted by atomic mass is 35.5. The lowest BCUT2D eigenvalue weighted by Gasteiger charge is -2.10. The van der Waals surface area contributed by atoms with Crippen LogP contribution in [0.3, 0.4) is 0 Å². The highest BCUT2D eigenvalue weighted by molar-refractivity contribution is 6.30. The Hall–Kier alpha value is -1.72. The van der Waals surface area contributed by atoms with E-state index < -0.39 is 17.5 Å². The zero-order chi connectivity index (χ0) is 15.1. The SMILES string of the molecule is Fc1ccc2nc(CCl)n(-c3cccc(Cl)c3F)c2c1F. The molecule has 0 bridgehead atoms. The minimum absolute atomic E-state index is 0.0369. The molecule has 2 aromatic carbocycles. The van der Waals surface area contributed by atoms with Gasteiger partial charge in [0.05, 0.1) is 22.1 Å². The van der Waals surface area contributed by atoms with E-state index in [-0.39, 0.29) is 33.4 Å². The lowest BCUT2D eigenvalue weighted by molar-refractivity contribution is 0.513. The van der Waals surface area contributed by atoms with E-state index >= 15 is 0 Å². The third kappa shape index (κ3) is 2.17. The van der Waals surface area contributed by atoms with Gasteiger partial charge in [0.25, 0.3) is 0 Å². The van der Waals surface area contributed by atoms with Crippen molar-refractivity contribution in [3.05, 3.63) is 58.6 Å². The number of imidazole rings is 1. The van der Waals surface area contributed by atoms with Crippen molar-refractivity contribution >= 4 is 34.2 Å². The first-order valence-electron chi connectivity index (χ1n) is 5.90. The van der Waals surface area contributed by atoms with Gasteiger partial charge in [-0.25, -0.2) is 18.2 Å². The van der Waals surface area contributed by atoms with Crippen LogP contribution in [0.5, 0.6) is 0 Å². The van der Waals surface area contributed by atoms with E-state index in [1.54, 1.807) is 0 Å². The van der Waals surface area contributed by atoms with Crippen molar-refractivity contribution in [2.45, 2.75) is 5.88 Å². The Bertz CT molecular complexity index is 846. The number of hydrogen-bond donors (Lipinski definition) is 0. The van der Waals surface area contributed by atoms with Gasteiger partial charge in [-0.2, -0.15) is 0 Å². The van der Waals surface area contributed by atoms with Crippen molar-refractivity contribution in [2.75, 3.05) is 0 Å². The molecule has 0 amide bonds. The second-order valence-corrected chi connectivity index (χ2v) is 4.97. The van der Waals surface area contributed by atoms with E-state index in [4.69, 9.17) is 23.2 Å². The predicted octanol–water partition coefficient (Wildman–Crippen LogP) is 4.84. The maximum absolute atomic E-state index is 14.2. The van der Waals surface area contributed by atoms with Gasteiger partial charge >= 0.3 is 0 Å². The van der Waals surface area contributed by atoms with E-state index in [9.17, 15) is 13.2 Å². The molecule has 3 rings (SSSR count). The molecule has 3 aromatic rings. The van der Waals surface area contributed by atoms with E-state index in [1.165, 1.54) is 24.3 Å². The van der Waals surface area contributed by atoms with Gasteiger partial charge in [-0.15, -0.1) is 11.6 Å². The first-order valence-corrected chi connectivity index (χ1v) is 6.81. The number of benzene rings is 2. The molecule has 0 saturated carbocycles. The molecule has 21 heavy (non-hydrogen) atoms. The molecular formula is C14H7Cl2F3N2. The molecule has 0 aliphatic heterocycles. The summed E-state index contributed by atoms with van der Waals surface area (Å²) < 4.78 is 42.9. The van der Waals surface area contributed by atoms with Gasteiger partial charge in [-0.1, -0.05) is 17.7 Å². The van der Waals surface area contributed by atoms with Gasteiger partial charge in [-0.3, -0.25) is 4.57 Å². The van der Waals surface area contributed by atoms with Crippen molar-refractivity contribution in [1.29, 1.82) is 0 Å². The van der Waals surface area contributed by atoms with E-state index in [2.05, 4.69) is 4.98 Å². The Balaban J connectivity index is 2.45. The number of aromatic nitrogens is 2. The lowest BCUT2D eigenvalue weighted by atomic mass is 10.2. The minimum Gasteiger partial charge on any atom is -0.289 e. The van der Waals surface area contributed by atoms with Crippen LogP contribution in [0.1, 0.15) is 5.82 Å². The highest BCUT2D eigenvalue weighted by Gasteiger charge is 2.20. The molecule has 7 heteroatoms. The summed E-state index contributed by atoms with van der Waals surface area (Å²) >= 11 is 11.5. The van der Waals surface area contributed by atoms with Crippen LogP contribution in [-0.4, -0.2) is 9.55 Å². The molecule has 0 aliphatic rings. The first-order chi connectivity index (χ1) is 10.0. The van der Waals surface area contributed by atoms with Crippen molar-refractivity contribution in [1.82, 2.24) is 9.55 Å². The summed E-state index contributed by atoms with van der Waals surface area (Å²) in [6.45, 7) is 0. The third-order valence-corrected chi connectivity index (χ3v) is 3.60. The molecule has 0 spiro atoms. The Labute approximate surface area is 127 Å². The number of nitrogens with zero attached hydrogens (tertiary/aromatic N) is 2. The average molecular weight is 331 g/mol. The van der Waals surface area contributed by atoms with Crippen LogP contribution in [0.25, 0.3) is 16.7 Å². The molecule has 0 fully saturated rings. The molecule has 1 heterocycles. The van der Waals surface area contributed by atoms with Crippen LogP contribution < -0.4 is 0 Å². The molecule has 0 N–H and O–H groups in total. The molecule has 0 atom stereocenters. The Morgan fingerprint density at radius 2 is 1.81 bits per heavy atom. The molecular weight excluding hydrogens is 324 g/mol. The van der Waals surface area contributed by atoms with E-state index in [0.29, 0.717) is 0 Å². The second kappa shape index (κ2) is 5.24. The molecule has 0 radical (unpaired) electrons. The quantitative estimate of drug-likeness (QED) is 0.615. The lowest BCUT2D eigenvalue weighted by Crippen LogP contribution is -2.04. The third-order valence-electron chi connectivity index (χ3n) is 3.07. The molecule has 0 unspecified atom stereocenters.